The fourth-order valence-electron chi connectivity index (χ4n) is 2.69. The van der Waals surface area contributed by atoms with Crippen LogP contribution >= 0.6 is 0 Å². The summed E-state index contributed by atoms with van der Waals surface area (Å²) in [6.45, 7) is 0.957. The fourth-order valence-corrected chi connectivity index (χ4v) is 2.69. The second-order valence-corrected chi connectivity index (χ2v) is 4.76. The number of nitrogens with two attached hydrogens (primary N) is 1. The molecule has 0 unspecified atom stereocenters. The lowest BCUT2D eigenvalue weighted by Gasteiger charge is -2.34. The summed E-state index contributed by atoms with van der Waals surface area (Å²) in [5, 5.41) is 0. The average molecular weight is 182 g/mol. The predicted molar refractivity (Wildman–Crippen MR) is 51.1 cm³/mol. The molecule has 3 heteroatoms. The lowest BCUT2D eigenvalue weighted by molar-refractivity contribution is -0.126. The van der Waals surface area contributed by atoms with E-state index in [0.29, 0.717) is 17.4 Å². The van der Waals surface area contributed by atoms with Gasteiger partial charge in [-0.05, 0) is 31.1 Å². The van der Waals surface area contributed by atoms with Crippen molar-refractivity contribution in [1.29, 1.82) is 0 Å². The number of rotatable bonds is 0. The fraction of sp³-hybridized carbons (Fsp3) is 0.900. The van der Waals surface area contributed by atoms with Crippen LogP contribution in [-0.2, 0) is 4.79 Å². The lowest BCUT2D eigenvalue weighted by atomic mass is 9.72. The van der Waals surface area contributed by atoms with Crippen molar-refractivity contribution in [3.8, 4) is 0 Å². The average Bonchev–Trinajstić information content (AvgIpc) is 2.36. The largest absolute Gasteiger partial charge is 0.345 e. The van der Waals surface area contributed by atoms with Gasteiger partial charge in [0.15, 0.2) is 0 Å². The van der Waals surface area contributed by atoms with Gasteiger partial charge in [-0.1, -0.05) is 0 Å². The zero-order chi connectivity index (χ0) is 9.47. The molecule has 0 aromatic rings. The normalized spacial score (nSPS) is 40.3. The first-order valence-electron chi connectivity index (χ1n) is 5.11. The summed E-state index contributed by atoms with van der Waals surface area (Å²) in [6, 6.07) is 0.381. The molecule has 0 aromatic heterocycles. The maximum Gasteiger partial charge on any atom is 0.222 e. The smallest absolute Gasteiger partial charge is 0.222 e. The first kappa shape index (κ1) is 9.00. The monoisotopic (exact) mass is 182 g/mol. The Kier molecular flexibility index (Phi) is 2.06. The Morgan fingerprint density at radius 2 is 2.08 bits per heavy atom. The number of likely N-dealkylation sites (tertiary alicyclic amines) is 1. The van der Waals surface area contributed by atoms with Crippen LogP contribution in [0.3, 0.4) is 0 Å². The highest BCUT2D eigenvalue weighted by atomic mass is 16.2. The van der Waals surface area contributed by atoms with Crippen LogP contribution in [0.15, 0.2) is 0 Å². The highest BCUT2D eigenvalue weighted by molar-refractivity contribution is 5.79. The molecule has 1 spiro atoms. The van der Waals surface area contributed by atoms with Crippen LogP contribution in [0, 0.1) is 5.41 Å². The molecular formula is C10H18N2O. The van der Waals surface area contributed by atoms with Gasteiger partial charge < -0.3 is 10.6 Å². The highest BCUT2D eigenvalue weighted by Crippen LogP contribution is 2.43. The summed E-state index contributed by atoms with van der Waals surface area (Å²) in [5.41, 5.74) is 6.15. The molecule has 1 aliphatic carbocycles. The van der Waals surface area contributed by atoms with Gasteiger partial charge >= 0.3 is 0 Å². The molecule has 0 radical (unpaired) electrons. The van der Waals surface area contributed by atoms with E-state index in [-0.39, 0.29) is 0 Å². The summed E-state index contributed by atoms with van der Waals surface area (Å²) in [6.07, 6.45) is 5.24. The maximum absolute atomic E-state index is 11.4. The Morgan fingerprint density at radius 1 is 1.46 bits per heavy atom. The number of carbonyl (C=O) groups is 1. The molecule has 2 fully saturated rings. The van der Waals surface area contributed by atoms with Crippen LogP contribution in [0.2, 0.25) is 0 Å². The number of nitrogens with zero attached hydrogens (tertiary/aromatic N) is 1. The van der Waals surface area contributed by atoms with Gasteiger partial charge in [0.2, 0.25) is 5.91 Å². The van der Waals surface area contributed by atoms with Crippen molar-refractivity contribution in [2.24, 2.45) is 11.1 Å². The van der Waals surface area contributed by atoms with E-state index in [1.807, 2.05) is 11.9 Å². The van der Waals surface area contributed by atoms with Crippen molar-refractivity contribution in [2.45, 2.75) is 38.1 Å². The van der Waals surface area contributed by atoms with Crippen molar-refractivity contribution in [3.63, 3.8) is 0 Å². The zero-order valence-corrected chi connectivity index (χ0v) is 8.25. The molecular weight excluding hydrogens is 164 g/mol. The minimum atomic E-state index is 0.293. The number of hydrogen-bond acceptors (Lipinski definition) is 2. The van der Waals surface area contributed by atoms with E-state index in [4.69, 9.17) is 5.73 Å². The molecule has 1 aliphatic heterocycles. The van der Waals surface area contributed by atoms with Gasteiger partial charge in [-0.25, -0.2) is 0 Å². The topological polar surface area (TPSA) is 46.3 Å². The summed E-state index contributed by atoms with van der Waals surface area (Å²) in [5.74, 6) is 0.315. The predicted octanol–water partition coefficient (Wildman–Crippen LogP) is 0.736. The number of carbonyl (C=O) groups excluding carboxylic acids is 1. The number of hydrogen-bond donors (Lipinski definition) is 1. The SMILES string of the molecule is CN1CC2(CCC(N)CC2)CC1=O. The highest BCUT2D eigenvalue weighted by Gasteiger charge is 2.43. The van der Waals surface area contributed by atoms with Crippen LogP contribution < -0.4 is 5.73 Å². The molecule has 74 valence electrons. The van der Waals surface area contributed by atoms with E-state index < -0.39 is 0 Å². The molecule has 0 aromatic carbocycles. The summed E-state index contributed by atoms with van der Waals surface area (Å²) in [4.78, 5) is 13.3. The van der Waals surface area contributed by atoms with Gasteiger partial charge in [0.1, 0.15) is 0 Å². The molecule has 2 aliphatic rings. The zero-order valence-electron chi connectivity index (χ0n) is 8.25. The van der Waals surface area contributed by atoms with E-state index in [1.54, 1.807) is 0 Å². The Morgan fingerprint density at radius 3 is 2.54 bits per heavy atom. The minimum absolute atomic E-state index is 0.293. The van der Waals surface area contributed by atoms with Gasteiger partial charge in [0, 0.05) is 26.1 Å². The van der Waals surface area contributed by atoms with E-state index >= 15 is 0 Å². The Balaban J connectivity index is 2.03. The molecule has 1 saturated heterocycles. The second-order valence-electron chi connectivity index (χ2n) is 4.76. The maximum atomic E-state index is 11.4. The minimum Gasteiger partial charge on any atom is -0.345 e. The van der Waals surface area contributed by atoms with E-state index in [0.717, 1.165) is 38.6 Å². The van der Waals surface area contributed by atoms with Crippen LogP contribution in [0.5, 0.6) is 0 Å². The molecule has 13 heavy (non-hydrogen) atoms. The Labute approximate surface area is 79.3 Å². The summed E-state index contributed by atoms with van der Waals surface area (Å²) in [7, 11) is 1.91. The van der Waals surface area contributed by atoms with Crippen molar-refractivity contribution >= 4 is 5.91 Å². The van der Waals surface area contributed by atoms with Gasteiger partial charge in [0.25, 0.3) is 0 Å². The molecule has 0 bridgehead atoms. The Hall–Kier alpha value is -0.570. The quantitative estimate of drug-likeness (QED) is 0.600. The van der Waals surface area contributed by atoms with Crippen LogP contribution in [0.25, 0.3) is 0 Å². The van der Waals surface area contributed by atoms with E-state index in [1.165, 1.54) is 0 Å². The van der Waals surface area contributed by atoms with Crippen molar-refractivity contribution in [2.75, 3.05) is 13.6 Å². The molecule has 0 atom stereocenters. The lowest BCUT2D eigenvalue weighted by Crippen LogP contribution is -2.35. The molecule has 2 N–H and O–H groups in total. The standard InChI is InChI=1S/C10H18N2O/c1-12-7-10(6-9(12)13)4-2-8(11)3-5-10/h8H,2-7,11H2,1H3. The summed E-state index contributed by atoms with van der Waals surface area (Å²) < 4.78 is 0. The molecule has 1 saturated carbocycles. The van der Waals surface area contributed by atoms with E-state index in [2.05, 4.69) is 0 Å². The van der Waals surface area contributed by atoms with Crippen molar-refractivity contribution in [1.82, 2.24) is 4.90 Å². The third kappa shape index (κ3) is 1.57. The first-order chi connectivity index (χ1) is 6.11. The Bertz CT molecular complexity index is 219. The molecule has 3 nitrogen and oxygen atoms in total. The van der Waals surface area contributed by atoms with E-state index in [9.17, 15) is 4.79 Å². The van der Waals surface area contributed by atoms with Gasteiger partial charge in [-0.2, -0.15) is 0 Å². The molecule has 2 rings (SSSR count). The third-order valence-electron chi connectivity index (χ3n) is 3.62. The van der Waals surface area contributed by atoms with Crippen LogP contribution in [-0.4, -0.2) is 30.4 Å². The van der Waals surface area contributed by atoms with Crippen molar-refractivity contribution in [3.05, 3.63) is 0 Å². The molecule has 1 heterocycles. The molecule has 1 amide bonds. The van der Waals surface area contributed by atoms with Gasteiger partial charge in [-0.15, -0.1) is 0 Å². The van der Waals surface area contributed by atoms with Crippen LogP contribution in [0.4, 0.5) is 0 Å². The van der Waals surface area contributed by atoms with Crippen LogP contribution in [0.1, 0.15) is 32.1 Å². The first-order valence-corrected chi connectivity index (χ1v) is 5.11. The van der Waals surface area contributed by atoms with Gasteiger partial charge in [0.05, 0.1) is 0 Å². The third-order valence-corrected chi connectivity index (χ3v) is 3.62. The second kappa shape index (κ2) is 2.98. The van der Waals surface area contributed by atoms with Crippen molar-refractivity contribution < 1.29 is 4.79 Å². The summed E-state index contributed by atoms with van der Waals surface area (Å²) >= 11 is 0. The van der Waals surface area contributed by atoms with Gasteiger partial charge in [-0.3, -0.25) is 4.79 Å². The number of amides is 1.